The molecule has 0 saturated carbocycles. The van der Waals surface area contributed by atoms with Crippen molar-refractivity contribution in [1.82, 2.24) is 14.9 Å². The van der Waals surface area contributed by atoms with Gasteiger partial charge in [-0.2, -0.15) is 0 Å². The molecule has 6 nitrogen and oxygen atoms in total. The number of anilines is 1. The molecule has 0 bridgehead atoms. The van der Waals surface area contributed by atoms with E-state index in [1.807, 2.05) is 61.6 Å². The van der Waals surface area contributed by atoms with Crippen LogP contribution in [0, 0.1) is 5.82 Å². The lowest BCUT2D eigenvalue weighted by molar-refractivity contribution is 0.00346. The molecule has 1 N–H and O–H groups in total. The highest BCUT2D eigenvalue weighted by Gasteiger charge is 2.42. The van der Waals surface area contributed by atoms with Gasteiger partial charge in [0, 0.05) is 47.2 Å². The zero-order valence-electron chi connectivity index (χ0n) is 23.2. The van der Waals surface area contributed by atoms with Crippen LogP contribution in [0.3, 0.4) is 0 Å². The SMILES string of the molecule is CCN(CC)c1ccc([C@H](c2cc3cc(Br)ccc3nc2OC)[C@@](O)(CCN(C)C)c2cccc(F)c2)cn1. The van der Waals surface area contributed by atoms with Crippen molar-refractivity contribution in [3.05, 3.63) is 93.8 Å². The molecule has 4 aromatic rings. The molecule has 2 aromatic carbocycles. The summed E-state index contributed by atoms with van der Waals surface area (Å²) in [6.07, 6.45) is 2.15. The van der Waals surface area contributed by atoms with Crippen molar-refractivity contribution < 1.29 is 14.2 Å². The van der Waals surface area contributed by atoms with Crippen LogP contribution < -0.4 is 9.64 Å². The number of pyridine rings is 2. The van der Waals surface area contributed by atoms with Crippen LogP contribution in [0.4, 0.5) is 10.2 Å². The van der Waals surface area contributed by atoms with Gasteiger partial charge in [-0.25, -0.2) is 14.4 Å². The molecular weight excluding hydrogens is 559 g/mol. The number of ether oxygens (including phenoxy) is 1. The van der Waals surface area contributed by atoms with E-state index in [2.05, 4.69) is 34.7 Å². The Kier molecular flexibility index (Phi) is 9.20. The van der Waals surface area contributed by atoms with E-state index in [1.54, 1.807) is 19.2 Å². The van der Waals surface area contributed by atoms with E-state index in [0.717, 1.165) is 39.8 Å². The van der Waals surface area contributed by atoms with Gasteiger partial charge in [-0.3, -0.25) is 0 Å². The number of nitrogens with zero attached hydrogens (tertiary/aromatic N) is 4. The van der Waals surface area contributed by atoms with E-state index in [0.29, 0.717) is 30.0 Å². The Morgan fingerprint density at radius 1 is 1.05 bits per heavy atom. The first-order chi connectivity index (χ1) is 18.7. The molecule has 2 atom stereocenters. The highest BCUT2D eigenvalue weighted by Crippen LogP contribution is 2.47. The first kappa shape index (κ1) is 28.9. The topological polar surface area (TPSA) is 61.7 Å². The predicted octanol–water partition coefficient (Wildman–Crippen LogP) is 6.36. The lowest BCUT2D eigenvalue weighted by Crippen LogP contribution is -2.38. The van der Waals surface area contributed by atoms with Crippen molar-refractivity contribution in [2.24, 2.45) is 0 Å². The van der Waals surface area contributed by atoms with Crippen molar-refractivity contribution in [2.75, 3.05) is 45.7 Å². The first-order valence-corrected chi connectivity index (χ1v) is 14.0. The fraction of sp³-hybridized carbons (Fsp3) is 0.355. The number of fused-ring (bicyclic) bond motifs is 1. The number of hydrogen-bond donors (Lipinski definition) is 1. The number of rotatable bonds is 11. The van der Waals surface area contributed by atoms with Crippen LogP contribution in [0.5, 0.6) is 5.88 Å². The van der Waals surface area contributed by atoms with Gasteiger partial charge in [0.2, 0.25) is 5.88 Å². The predicted molar refractivity (Wildman–Crippen MR) is 159 cm³/mol. The third kappa shape index (κ3) is 6.24. The minimum absolute atomic E-state index is 0.339. The van der Waals surface area contributed by atoms with Crippen LogP contribution >= 0.6 is 15.9 Å². The van der Waals surface area contributed by atoms with Gasteiger partial charge in [0.15, 0.2) is 0 Å². The van der Waals surface area contributed by atoms with E-state index in [1.165, 1.54) is 12.1 Å². The van der Waals surface area contributed by atoms with Gasteiger partial charge in [-0.1, -0.05) is 34.1 Å². The Morgan fingerprint density at radius 2 is 1.82 bits per heavy atom. The van der Waals surface area contributed by atoms with Crippen molar-refractivity contribution in [2.45, 2.75) is 31.8 Å². The quantitative estimate of drug-likeness (QED) is 0.218. The molecule has 4 rings (SSSR count). The largest absolute Gasteiger partial charge is 0.481 e. The summed E-state index contributed by atoms with van der Waals surface area (Å²) in [6.45, 7) is 6.42. The highest BCUT2D eigenvalue weighted by atomic mass is 79.9. The van der Waals surface area contributed by atoms with Crippen LogP contribution in [-0.4, -0.2) is 60.8 Å². The molecule has 2 heterocycles. The summed E-state index contributed by atoms with van der Waals surface area (Å²) in [4.78, 5) is 13.8. The van der Waals surface area contributed by atoms with Gasteiger partial charge < -0.3 is 19.6 Å². The molecule has 206 valence electrons. The lowest BCUT2D eigenvalue weighted by Gasteiger charge is -2.39. The van der Waals surface area contributed by atoms with E-state index in [4.69, 9.17) is 14.7 Å². The Bertz CT molecular complexity index is 1410. The van der Waals surface area contributed by atoms with Gasteiger partial charge in [-0.05, 0) is 88.0 Å². The number of hydrogen-bond acceptors (Lipinski definition) is 6. The number of benzene rings is 2. The minimum Gasteiger partial charge on any atom is -0.481 e. The third-order valence-electron chi connectivity index (χ3n) is 7.21. The molecule has 0 amide bonds. The van der Waals surface area contributed by atoms with E-state index >= 15 is 0 Å². The fourth-order valence-electron chi connectivity index (χ4n) is 5.14. The summed E-state index contributed by atoms with van der Waals surface area (Å²) >= 11 is 3.56. The molecule has 0 aliphatic carbocycles. The molecule has 0 spiro atoms. The maximum Gasteiger partial charge on any atom is 0.217 e. The minimum atomic E-state index is -1.50. The van der Waals surface area contributed by atoms with Gasteiger partial charge >= 0.3 is 0 Å². The Hall–Kier alpha value is -3.07. The lowest BCUT2D eigenvalue weighted by atomic mass is 9.72. The van der Waals surface area contributed by atoms with E-state index in [9.17, 15) is 9.50 Å². The van der Waals surface area contributed by atoms with Crippen LogP contribution in [0.25, 0.3) is 10.9 Å². The summed E-state index contributed by atoms with van der Waals surface area (Å²) < 4.78 is 21.3. The molecule has 0 fully saturated rings. The van der Waals surface area contributed by atoms with Crippen molar-refractivity contribution >= 4 is 32.7 Å². The second-order valence-corrected chi connectivity index (χ2v) is 10.9. The smallest absolute Gasteiger partial charge is 0.217 e. The molecule has 0 radical (unpaired) electrons. The molecule has 0 aliphatic rings. The summed E-state index contributed by atoms with van der Waals surface area (Å²) in [5.41, 5.74) is 1.24. The van der Waals surface area contributed by atoms with Gasteiger partial charge in [0.25, 0.3) is 0 Å². The molecule has 0 aliphatic heterocycles. The average Bonchev–Trinajstić information content (AvgIpc) is 2.93. The van der Waals surface area contributed by atoms with Gasteiger partial charge in [0.1, 0.15) is 17.2 Å². The molecule has 8 heteroatoms. The summed E-state index contributed by atoms with van der Waals surface area (Å²) in [5.74, 6) is 0.209. The number of aromatic nitrogens is 2. The van der Waals surface area contributed by atoms with Crippen LogP contribution in [0.15, 0.2) is 71.3 Å². The molecule has 2 aromatic heterocycles. The highest BCUT2D eigenvalue weighted by molar-refractivity contribution is 9.10. The Morgan fingerprint density at radius 3 is 2.44 bits per heavy atom. The molecule has 39 heavy (non-hydrogen) atoms. The van der Waals surface area contributed by atoms with Crippen molar-refractivity contribution in [3.8, 4) is 5.88 Å². The van der Waals surface area contributed by atoms with Crippen LogP contribution in [-0.2, 0) is 5.60 Å². The second kappa shape index (κ2) is 12.4. The monoisotopic (exact) mass is 594 g/mol. The molecule has 0 saturated heterocycles. The third-order valence-corrected chi connectivity index (χ3v) is 7.70. The summed E-state index contributed by atoms with van der Waals surface area (Å²) in [7, 11) is 5.49. The average molecular weight is 596 g/mol. The van der Waals surface area contributed by atoms with Crippen molar-refractivity contribution in [3.63, 3.8) is 0 Å². The number of halogens is 2. The van der Waals surface area contributed by atoms with Crippen LogP contribution in [0.2, 0.25) is 0 Å². The van der Waals surface area contributed by atoms with Gasteiger partial charge in [0.05, 0.1) is 12.6 Å². The fourth-order valence-corrected chi connectivity index (χ4v) is 5.52. The van der Waals surface area contributed by atoms with Gasteiger partial charge in [-0.15, -0.1) is 0 Å². The summed E-state index contributed by atoms with van der Waals surface area (Å²) in [5, 5.41) is 13.6. The van der Waals surface area contributed by atoms with Crippen molar-refractivity contribution in [1.29, 1.82) is 0 Å². The normalized spacial score (nSPS) is 13.9. The Labute approximate surface area is 238 Å². The maximum atomic E-state index is 14.6. The number of methoxy groups -OCH3 is 1. The Balaban J connectivity index is 2.01. The molecule has 0 unspecified atom stereocenters. The maximum absolute atomic E-state index is 14.6. The van der Waals surface area contributed by atoms with E-state index < -0.39 is 17.3 Å². The number of aliphatic hydroxyl groups is 1. The zero-order valence-corrected chi connectivity index (χ0v) is 24.7. The second-order valence-electron chi connectivity index (χ2n) is 9.97. The van der Waals surface area contributed by atoms with Crippen LogP contribution in [0.1, 0.15) is 42.9 Å². The first-order valence-electron chi connectivity index (χ1n) is 13.2. The summed E-state index contributed by atoms with van der Waals surface area (Å²) in [6, 6.07) is 18.0. The molecular formula is C31H36BrFN4O2. The standard InChI is InChI=1S/C31H36BrFN4O2/c1-6-37(7-2)28-14-11-21(20-34-28)29(26-18-22-17-24(32)12-13-27(22)35-30(26)39-5)31(38,15-16-36(3)4)23-9-8-10-25(33)19-23/h8-14,17-20,29,38H,6-7,15-16H2,1-5H3/t29-,31-/m1/s1. The zero-order chi connectivity index (χ0) is 28.2. The van der Waals surface area contributed by atoms with E-state index in [-0.39, 0.29) is 0 Å².